The first-order chi connectivity index (χ1) is 14.9. The molecule has 4 rings (SSSR count). The number of rotatable bonds is 5. The molecule has 0 unspecified atom stereocenters. The molecule has 0 aliphatic carbocycles. The second-order valence-corrected chi connectivity index (χ2v) is 9.40. The number of fused-ring (bicyclic) bond motifs is 1. The summed E-state index contributed by atoms with van der Waals surface area (Å²) in [7, 11) is 0. The number of nitrogens with zero attached hydrogens (tertiary/aromatic N) is 3. The van der Waals surface area contributed by atoms with Gasteiger partial charge in [0.2, 0.25) is 11.8 Å². The van der Waals surface area contributed by atoms with Crippen LogP contribution in [-0.2, 0) is 9.59 Å². The van der Waals surface area contributed by atoms with Crippen LogP contribution in [0.5, 0.6) is 0 Å². The predicted octanol–water partition coefficient (Wildman–Crippen LogP) is 4.01. The smallest absolute Gasteiger partial charge is 0.238 e. The van der Waals surface area contributed by atoms with E-state index in [1.165, 1.54) is 10.3 Å². The van der Waals surface area contributed by atoms with Crippen molar-refractivity contribution in [3.05, 3.63) is 48.0 Å². The molecule has 1 saturated heterocycles. The van der Waals surface area contributed by atoms with Gasteiger partial charge in [0.05, 0.1) is 16.8 Å². The Labute approximate surface area is 186 Å². The molecule has 1 fully saturated rings. The van der Waals surface area contributed by atoms with Gasteiger partial charge in [0, 0.05) is 43.3 Å². The largest absolute Gasteiger partial charge is 0.340 e. The Morgan fingerprint density at radius 2 is 1.77 bits per heavy atom. The van der Waals surface area contributed by atoms with Gasteiger partial charge in [-0.3, -0.25) is 14.5 Å². The van der Waals surface area contributed by atoms with Crippen LogP contribution in [0.25, 0.3) is 20.8 Å². The number of hydrogen-bond donors (Lipinski definition) is 1. The van der Waals surface area contributed by atoms with Crippen molar-refractivity contribution in [2.24, 2.45) is 5.92 Å². The third-order valence-corrected chi connectivity index (χ3v) is 6.57. The van der Waals surface area contributed by atoms with Crippen LogP contribution < -0.4 is 5.32 Å². The third-order valence-electron chi connectivity index (χ3n) is 5.50. The summed E-state index contributed by atoms with van der Waals surface area (Å²) in [5.41, 5.74) is 4.06. The zero-order valence-corrected chi connectivity index (χ0v) is 19.0. The summed E-state index contributed by atoms with van der Waals surface area (Å²) in [6.45, 7) is 9.08. The van der Waals surface area contributed by atoms with Gasteiger partial charge in [-0.2, -0.15) is 0 Å². The number of thiazole rings is 1. The molecule has 1 N–H and O–H groups in total. The van der Waals surface area contributed by atoms with Crippen LogP contribution in [0.1, 0.15) is 19.4 Å². The normalized spacial score (nSPS) is 14.9. The molecule has 31 heavy (non-hydrogen) atoms. The highest BCUT2D eigenvalue weighted by atomic mass is 32.1. The summed E-state index contributed by atoms with van der Waals surface area (Å²) in [5.74, 6) is 0.170. The van der Waals surface area contributed by atoms with Crippen LogP contribution in [0.4, 0.5) is 5.69 Å². The first kappa shape index (κ1) is 21.5. The zero-order valence-electron chi connectivity index (χ0n) is 18.2. The minimum atomic E-state index is -0.0353. The molecule has 2 heterocycles. The molecule has 0 spiro atoms. The SMILES string of the molecule is Cc1ccc2nc(-c3ccc(NC(=O)CN4CCN(C(=O)C(C)C)CC4)cc3)sc2c1. The van der Waals surface area contributed by atoms with Gasteiger partial charge in [-0.25, -0.2) is 4.98 Å². The molecule has 1 aliphatic rings. The number of amides is 2. The van der Waals surface area contributed by atoms with Crippen molar-refractivity contribution in [3.63, 3.8) is 0 Å². The summed E-state index contributed by atoms with van der Waals surface area (Å²) in [5, 5.41) is 3.95. The summed E-state index contributed by atoms with van der Waals surface area (Å²) >= 11 is 1.68. The Kier molecular flexibility index (Phi) is 6.34. The number of piperazine rings is 1. The van der Waals surface area contributed by atoms with E-state index in [0.29, 0.717) is 19.6 Å². The number of nitrogens with one attached hydrogen (secondary N) is 1. The molecular formula is C24H28N4O2S. The highest BCUT2D eigenvalue weighted by Gasteiger charge is 2.23. The van der Waals surface area contributed by atoms with Crippen LogP contribution in [0, 0.1) is 12.8 Å². The average molecular weight is 437 g/mol. The molecule has 0 bridgehead atoms. The van der Waals surface area contributed by atoms with Crippen molar-refractivity contribution in [2.45, 2.75) is 20.8 Å². The lowest BCUT2D eigenvalue weighted by Crippen LogP contribution is -2.51. The minimum absolute atomic E-state index is 0.0182. The standard InChI is InChI=1S/C24H28N4O2S/c1-16(2)24(30)28-12-10-27(11-13-28)15-22(29)25-19-7-5-18(6-8-19)23-26-20-9-4-17(3)14-21(20)31-23/h4-9,14,16H,10-13,15H2,1-3H3,(H,25,29). The minimum Gasteiger partial charge on any atom is -0.340 e. The lowest BCUT2D eigenvalue weighted by Gasteiger charge is -2.35. The third kappa shape index (κ3) is 5.11. The molecule has 2 amide bonds. The highest BCUT2D eigenvalue weighted by molar-refractivity contribution is 7.21. The number of aryl methyl sites for hydroxylation is 1. The van der Waals surface area contributed by atoms with Gasteiger partial charge in [-0.15, -0.1) is 11.3 Å². The Balaban J connectivity index is 1.31. The summed E-state index contributed by atoms with van der Waals surface area (Å²) in [6, 6.07) is 14.1. The van der Waals surface area contributed by atoms with E-state index in [1.54, 1.807) is 11.3 Å². The van der Waals surface area contributed by atoms with E-state index in [4.69, 9.17) is 4.98 Å². The van der Waals surface area contributed by atoms with Crippen molar-refractivity contribution in [1.29, 1.82) is 0 Å². The van der Waals surface area contributed by atoms with E-state index >= 15 is 0 Å². The van der Waals surface area contributed by atoms with Crippen LogP contribution in [0.3, 0.4) is 0 Å². The van der Waals surface area contributed by atoms with Gasteiger partial charge in [-0.1, -0.05) is 19.9 Å². The molecule has 1 aromatic heterocycles. The van der Waals surface area contributed by atoms with Gasteiger partial charge in [-0.05, 0) is 48.9 Å². The number of hydrogen-bond acceptors (Lipinski definition) is 5. The Morgan fingerprint density at radius 3 is 2.45 bits per heavy atom. The van der Waals surface area contributed by atoms with E-state index in [0.717, 1.165) is 34.9 Å². The molecular weight excluding hydrogens is 408 g/mol. The number of benzene rings is 2. The molecule has 162 valence electrons. The van der Waals surface area contributed by atoms with Crippen molar-refractivity contribution in [3.8, 4) is 10.6 Å². The predicted molar refractivity (Wildman–Crippen MR) is 126 cm³/mol. The van der Waals surface area contributed by atoms with Crippen molar-refractivity contribution >= 4 is 39.1 Å². The maximum Gasteiger partial charge on any atom is 0.238 e. The monoisotopic (exact) mass is 436 g/mol. The van der Waals surface area contributed by atoms with E-state index in [-0.39, 0.29) is 17.7 Å². The molecule has 3 aromatic rings. The molecule has 2 aromatic carbocycles. The summed E-state index contributed by atoms with van der Waals surface area (Å²) in [4.78, 5) is 33.3. The number of aromatic nitrogens is 1. The van der Waals surface area contributed by atoms with Gasteiger partial charge in [0.15, 0.2) is 0 Å². The van der Waals surface area contributed by atoms with Gasteiger partial charge in [0.25, 0.3) is 0 Å². The lowest BCUT2D eigenvalue weighted by atomic mass is 10.1. The van der Waals surface area contributed by atoms with E-state index in [2.05, 4.69) is 35.3 Å². The van der Waals surface area contributed by atoms with Crippen molar-refractivity contribution < 1.29 is 9.59 Å². The first-order valence-electron chi connectivity index (χ1n) is 10.7. The molecule has 0 radical (unpaired) electrons. The van der Waals surface area contributed by atoms with Crippen LogP contribution in [-0.4, -0.2) is 59.3 Å². The second-order valence-electron chi connectivity index (χ2n) is 8.37. The number of anilines is 1. The maximum absolute atomic E-state index is 12.5. The highest BCUT2D eigenvalue weighted by Crippen LogP contribution is 2.31. The molecule has 6 nitrogen and oxygen atoms in total. The first-order valence-corrected chi connectivity index (χ1v) is 11.5. The van der Waals surface area contributed by atoms with Crippen LogP contribution in [0.2, 0.25) is 0 Å². The molecule has 0 atom stereocenters. The summed E-state index contributed by atoms with van der Waals surface area (Å²) < 4.78 is 1.18. The second kappa shape index (κ2) is 9.16. The Bertz CT molecular complexity index is 1080. The van der Waals surface area contributed by atoms with Crippen LogP contribution >= 0.6 is 11.3 Å². The Morgan fingerprint density at radius 1 is 1.06 bits per heavy atom. The quantitative estimate of drug-likeness (QED) is 0.656. The van der Waals surface area contributed by atoms with Gasteiger partial charge in [0.1, 0.15) is 5.01 Å². The maximum atomic E-state index is 12.5. The van der Waals surface area contributed by atoms with Gasteiger partial charge >= 0.3 is 0 Å². The molecule has 7 heteroatoms. The fourth-order valence-electron chi connectivity index (χ4n) is 3.75. The molecule has 0 saturated carbocycles. The van der Waals surface area contributed by atoms with E-state index in [1.807, 2.05) is 43.0 Å². The zero-order chi connectivity index (χ0) is 22.0. The fraction of sp³-hybridized carbons (Fsp3) is 0.375. The number of carbonyl (C=O) groups excluding carboxylic acids is 2. The average Bonchev–Trinajstić information content (AvgIpc) is 3.17. The number of carbonyl (C=O) groups is 2. The van der Waals surface area contributed by atoms with E-state index < -0.39 is 0 Å². The van der Waals surface area contributed by atoms with Crippen LogP contribution in [0.15, 0.2) is 42.5 Å². The topological polar surface area (TPSA) is 65.5 Å². The van der Waals surface area contributed by atoms with Crippen molar-refractivity contribution in [2.75, 3.05) is 38.0 Å². The van der Waals surface area contributed by atoms with Crippen molar-refractivity contribution in [1.82, 2.24) is 14.8 Å². The van der Waals surface area contributed by atoms with E-state index in [9.17, 15) is 9.59 Å². The Hall–Kier alpha value is -2.77. The molecule has 1 aliphatic heterocycles. The summed E-state index contributed by atoms with van der Waals surface area (Å²) in [6.07, 6.45) is 0. The fourth-order valence-corrected chi connectivity index (χ4v) is 4.82. The van der Waals surface area contributed by atoms with Gasteiger partial charge < -0.3 is 10.2 Å². The lowest BCUT2D eigenvalue weighted by molar-refractivity contribution is -0.136.